The summed E-state index contributed by atoms with van der Waals surface area (Å²) in [6.07, 6.45) is 0. The number of hydrogen-bond acceptors (Lipinski definition) is 8. The number of benzene rings is 20. The van der Waals surface area contributed by atoms with Crippen molar-refractivity contribution in [3.8, 4) is 55.6 Å². The smallest absolute Gasteiger partial charge is 0.0716 e. The van der Waals surface area contributed by atoms with Crippen molar-refractivity contribution < 1.29 is 0 Å². The third-order valence-electron chi connectivity index (χ3n) is 26.4. The van der Waals surface area contributed by atoms with Crippen LogP contribution < -0.4 is 39.2 Å². The van der Waals surface area contributed by atoms with Crippen LogP contribution in [0.2, 0.25) is 0 Å². The van der Waals surface area contributed by atoms with Crippen LogP contribution >= 0.6 is 0 Å². The summed E-state index contributed by atoms with van der Waals surface area (Å²) >= 11 is 0. The molecule has 0 saturated carbocycles. The van der Waals surface area contributed by atoms with Crippen LogP contribution in [0, 0.1) is 0 Å². The Kier molecular flexibility index (Phi) is 17.7. The summed E-state index contributed by atoms with van der Waals surface area (Å²) in [7, 11) is 0. The molecule has 0 fully saturated rings. The molecule has 0 N–H and O–H groups in total. The van der Waals surface area contributed by atoms with E-state index in [-0.39, 0.29) is 0 Å². The molecule has 0 unspecified atom stereocenters. The Labute approximate surface area is 751 Å². The summed E-state index contributed by atoms with van der Waals surface area (Å²) in [5.41, 5.74) is 39.7. The third-order valence-corrected chi connectivity index (χ3v) is 26.4. The van der Waals surface area contributed by atoms with Gasteiger partial charge >= 0.3 is 0 Å². The Bertz CT molecular complexity index is 6730. The molecule has 0 bridgehead atoms. The highest BCUT2D eigenvalue weighted by Crippen LogP contribution is 2.65. The Hall–Kier alpha value is -17.2. The number of rotatable bonds is 14. The summed E-state index contributed by atoms with van der Waals surface area (Å²) in [5, 5.41) is 0. The minimum atomic E-state index is -1.11. The van der Waals surface area contributed by atoms with E-state index in [0.717, 1.165) is 203 Å². The number of nitrogens with zero attached hydrogens (tertiary/aromatic N) is 8. The molecular formula is C121H82N8. The second-order valence-electron chi connectivity index (χ2n) is 33.6. The van der Waals surface area contributed by atoms with Crippen LogP contribution in [-0.2, 0) is 5.41 Å². The minimum absolute atomic E-state index is 0.983. The first-order chi connectivity index (χ1) is 64.0. The van der Waals surface area contributed by atoms with Crippen LogP contribution in [0.15, 0.2) is 497 Å². The fourth-order valence-corrected chi connectivity index (χ4v) is 21.0. The maximum atomic E-state index is 2.55. The van der Waals surface area contributed by atoms with E-state index in [0.29, 0.717) is 0 Å². The van der Waals surface area contributed by atoms with Crippen molar-refractivity contribution in [1.29, 1.82) is 0 Å². The molecule has 129 heavy (non-hydrogen) atoms. The first-order valence-corrected chi connectivity index (χ1v) is 44.3. The van der Waals surface area contributed by atoms with Gasteiger partial charge in [-0.05, 0) is 260 Å². The van der Waals surface area contributed by atoms with Gasteiger partial charge in [0.15, 0.2) is 0 Å². The first-order valence-electron chi connectivity index (χ1n) is 44.3. The summed E-state index contributed by atoms with van der Waals surface area (Å²) < 4.78 is 0. The van der Waals surface area contributed by atoms with Crippen molar-refractivity contribution >= 4 is 136 Å². The van der Waals surface area contributed by atoms with Crippen molar-refractivity contribution in [3.63, 3.8) is 0 Å². The maximum absolute atomic E-state index is 2.55. The van der Waals surface area contributed by atoms with Crippen molar-refractivity contribution in [3.05, 3.63) is 520 Å². The molecule has 0 radical (unpaired) electrons. The third kappa shape index (κ3) is 12.1. The van der Waals surface area contributed by atoms with Gasteiger partial charge in [-0.15, -0.1) is 0 Å². The van der Waals surface area contributed by atoms with Gasteiger partial charge in [0.2, 0.25) is 0 Å². The van der Waals surface area contributed by atoms with Gasteiger partial charge in [-0.2, -0.15) is 0 Å². The van der Waals surface area contributed by atoms with Crippen molar-refractivity contribution in [2.24, 2.45) is 0 Å². The molecule has 1 aliphatic carbocycles. The fraction of sp³-hybridized carbons (Fsp3) is 0.00826. The number of hydrogen-bond donors (Lipinski definition) is 0. The maximum Gasteiger partial charge on any atom is 0.0716 e. The van der Waals surface area contributed by atoms with E-state index in [1.165, 1.54) is 11.1 Å². The van der Waals surface area contributed by atoms with Crippen LogP contribution in [0.4, 0.5) is 136 Å². The van der Waals surface area contributed by atoms with Crippen LogP contribution in [0.1, 0.15) is 22.3 Å². The Morgan fingerprint density at radius 3 is 0.481 bits per heavy atom. The largest absolute Gasteiger partial charge is 0.306 e. The van der Waals surface area contributed by atoms with Crippen molar-refractivity contribution in [2.75, 3.05) is 39.2 Å². The van der Waals surface area contributed by atoms with Gasteiger partial charge in [-0.25, -0.2) is 0 Å². The molecule has 20 aromatic carbocycles. The standard InChI is InChI=1S/C121H82N8/c1-5-37-83(38-6-1)87-45-33-49-93(73-87)122-105-57-17-25-65-113(105)126(114-66-26-18-58-106(114)122)97-77-91(78-98(81-97)127-115-67-27-19-59-107(115)123(108-60-20-28-68-116(108)127)94-50-34-46-88(74-94)84-39-7-2-8-40-84)121(103-55-15-13-53-101(103)102-54-14-16-56-104(102)121)92-79-99(128-117-69-29-21-61-109(117)124(110-62-22-30-70-118(110)128)95-51-35-47-89(75-95)85-41-9-3-10-42-85)82-100(80-92)129-119-71-31-23-63-111(119)125(112-64-24-32-72-120(112)129)96-52-36-48-90(76-96)86-43-11-4-12-44-86/h1-82H. The molecular weight excluding hydrogens is 1570 g/mol. The van der Waals surface area contributed by atoms with Crippen LogP contribution in [0.3, 0.4) is 0 Å². The summed E-state index contributed by atoms with van der Waals surface area (Å²) in [6.45, 7) is 0. The fourth-order valence-electron chi connectivity index (χ4n) is 21.0. The zero-order valence-electron chi connectivity index (χ0n) is 70.4. The van der Waals surface area contributed by atoms with E-state index in [2.05, 4.69) is 537 Å². The topological polar surface area (TPSA) is 25.9 Å². The zero-order chi connectivity index (χ0) is 85.0. The molecule has 0 atom stereocenters. The van der Waals surface area contributed by atoms with Crippen molar-refractivity contribution in [1.82, 2.24) is 0 Å². The monoisotopic (exact) mass is 1650 g/mol. The predicted molar refractivity (Wildman–Crippen MR) is 537 cm³/mol. The summed E-state index contributed by atoms with van der Waals surface area (Å²) in [5.74, 6) is 0. The lowest BCUT2D eigenvalue weighted by Gasteiger charge is -2.44. The molecule has 5 aliphatic rings. The highest BCUT2D eigenvalue weighted by molar-refractivity contribution is 6.09. The van der Waals surface area contributed by atoms with Gasteiger partial charge in [-0.3, -0.25) is 0 Å². The van der Waals surface area contributed by atoms with Gasteiger partial charge in [0, 0.05) is 45.5 Å². The minimum Gasteiger partial charge on any atom is -0.306 e. The molecule has 0 saturated heterocycles. The number of anilines is 24. The Balaban J connectivity index is 0.776. The predicted octanol–water partition coefficient (Wildman–Crippen LogP) is 33.7. The average molecular weight is 1650 g/mol. The Morgan fingerprint density at radius 2 is 0.279 bits per heavy atom. The molecule has 0 amide bonds. The van der Waals surface area contributed by atoms with Gasteiger partial charge in [0.25, 0.3) is 0 Å². The van der Waals surface area contributed by atoms with E-state index >= 15 is 0 Å². The quantitative estimate of drug-likeness (QED) is 0.106. The van der Waals surface area contributed by atoms with Crippen LogP contribution in [0.25, 0.3) is 55.6 Å². The van der Waals surface area contributed by atoms with Gasteiger partial charge in [-0.1, -0.05) is 315 Å². The van der Waals surface area contributed by atoms with Gasteiger partial charge in [0.1, 0.15) is 0 Å². The van der Waals surface area contributed by atoms with Gasteiger partial charge < -0.3 is 39.2 Å². The second-order valence-corrected chi connectivity index (χ2v) is 33.6. The number of para-hydroxylation sites is 16. The first kappa shape index (κ1) is 74.4. The van der Waals surface area contributed by atoms with Crippen LogP contribution in [0.5, 0.6) is 0 Å². The second kappa shape index (κ2) is 30.6. The molecule has 25 rings (SSSR count). The lowest BCUT2D eigenvalue weighted by molar-refractivity contribution is 0.768. The normalized spacial score (nSPS) is 13.4. The Morgan fingerprint density at radius 1 is 0.116 bits per heavy atom. The molecule has 606 valence electrons. The highest BCUT2D eigenvalue weighted by Gasteiger charge is 2.49. The lowest BCUT2D eigenvalue weighted by atomic mass is 9.67. The summed E-state index contributed by atoms with van der Waals surface area (Å²) in [4.78, 5) is 20.0. The van der Waals surface area contributed by atoms with E-state index in [4.69, 9.17) is 0 Å². The van der Waals surface area contributed by atoms with Gasteiger partial charge in [0.05, 0.1) is 96.4 Å². The lowest BCUT2D eigenvalue weighted by Crippen LogP contribution is -2.31. The molecule has 0 spiro atoms. The molecule has 8 heteroatoms. The highest BCUT2D eigenvalue weighted by atomic mass is 15.3. The average Bonchev–Trinajstić information content (AvgIpc) is 1.58. The van der Waals surface area contributed by atoms with E-state index in [9.17, 15) is 0 Å². The number of fused-ring (bicyclic) bond motifs is 11. The van der Waals surface area contributed by atoms with E-state index in [1.54, 1.807) is 0 Å². The SMILES string of the molecule is c1ccc(-c2cccc(N3c4ccccc4N(c4cc(N5c6ccccc6N(c6cccc(-c7ccccc7)c6)c6ccccc65)cc(C5(c6cc(N7c8ccccc8N(c8cccc(-c9ccccc9)c8)c8ccccc87)cc(N7c8ccccc8N(c8cccc(-c9ccccc9)c8)c8ccccc87)c6)c6ccccc6-c6ccccc65)c4)c4ccccc43)c2)cc1. The van der Waals surface area contributed by atoms with E-state index < -0.39 is 5.41 Å². The molecule has 8 nitrogen and oxygen atoms in total. The molecule has 4 heterocycles. The summed E-state index contributed by atoms with van der Waals surface area (Å²) in [6, 6.07) is 185. The zero-order valence-corrected chi connectivity index (χ0v) is 70.4. The molecule has 20 aromatic rings. The van der Waals surface area contributed by atoms with Crippen molar-refractivity contribution in [2.45, 2.75) is 5.41 Å². The van der Waals surface area contributed by atoms with Crippen LogP contribution in [-0.4, -0.2) is 0 Å². The molecule has 4 aliphatic heterocycles. The molecule has 0 aromatic heterocycles. The van der Waals surface area contributed by atoms with E-state index in [1.807, 2.05) is 0 Å².